The lowest BCUT2D eigenvalue weighted by atomic mass is 9.98. The van der Waals surface area contributed by atoms with E-state index in [9.17, 15) is 14.4 Å². The Morgan fingerprint density at radius 3 is 2.24 bits per heavy atom. The molecular formula is C26H28N2O6. The van der Waals surface area contributed by atoms with Crippen molar-refractivity contribution in [2.45, 2.75) is 24.8 Å². The van der Waals surface area contributed by atoms with Gasteiger partial charge >= 0.3 is 12.1 Å². The number of carbonyl (C=O) groups excluding carboxylic acids is 2. The number of ether oxygens (including phenoxy) is 2. The SMILES string of the molecule is COCC(C)(NC(=O)OCC1c2ccccc2-c2ccccc21)C(=O)N1CC=C(C(=O)O)CC1. The van der Waals surface area contributed by atoms with Crippen LogP contribution in [0.5, 0.6) is 0 Å². The number of methoxy groups -OCH3 is 1. The van der Waals surface area contributed by atoms with Crippen molar-refractivity contribution in [1.82, 2.24) is 10.2 Å². The van der Waals surface area contributed by atoms with Gasteiger partial charge in [0.25, 0.3) is 5.91 Å². The fourth-order valence-corrected chi connectivity index (χ4v) is 4.70. The number of hydrogen-bond donors (Lipinski definition) is 2. The van der Waals surface area contributed by atoms with Gasteiger partial charge in [0.05, 0.1) is 6.61 Å². The average Bonchev–Trinajstić information content (AvgIpc) is 3.16. The molecule has 0 bridgehead atoms. The lowest BCUT2D eigenvalue weighted by molar-refractivity contribution is -0.140. The summed E-state index contributed by atoms with van der Waals surface area (Å²) in [6, 6.07) is 16.1. The summed E-state index contributed by atoms with van der Waals surface area (Å²) >= 11 is 0. The molecule has 2 aliphatic rings. The van der Waals surface area contributed by atoms with E-state index in [0.717, 1.165) is 22.3 Å². The van der Waals surface area contributed by atoms with E-state index in [1.54, 1.807) is 6.92 Å². The zero-order valence-corrected chi connectivity index (χ0v) is 19.2. The van der Waals surface area contributed by atoms with Gasteiger partial charge < -0.3 is 24.8 Å². The Kier molecular flexibility index (Phi) is 6.70. The molecule has 8 heteroatoms. The van der Waals surface area contributed by atoms with Crippen molar-refractivity contribution in [1.29, 1.82) is 0 Å². The standard InChI is InChI=1S/C26H28N2O6/c1-26(16-33-2,24(31)28-13-11-17(12-14-28)23(29)30)27-25(32)34-15-22-20-9-5-3-7-18(20)19-8-4-6-10-21(19)22/h3-11,22H,12-16H2,1-2H3,(H,27,32)(H,29,30). The number of rotatable bonds is 7. The van der Waals surface area contributed by atoms with E-state index >= 15 is 0 Å². The number of carboxylic acid groups (broad SMARTS) is 1. The molecule has 1 aliphatic heterocycles. The predicted octanol–water partition coefficient (Wildman–Crippen LogP) is 3.17. The Morgan fingerprint density at radius 2 is 1.71 bits per heavy atom. The lowest BCUT2D eigenvalue weighted by Gasteiger charge is -2.35. The highest BCUT2D eigenvalue weighted by Crippen LogP contribution is 2.44. The second-order valence-corrected chi connectivity index (χ2v) is 8.75. The molecule has 2 aromatic rings. The van der Waals surface area contributed by atoms with Crippen LogP contribution in [0.3, 0.4) is 0 Å². The summed E-state index contributed by atoms with van der Waals surface area (Å²) in [5, 5.41) is 11.8. The van der Waals surface area contributed by atoms with E-state index in [-0.39, 0.29) is 50.1 Å². The van der Waals surface area contributed by atoms with Crippen molar-refractivity contribution in [2.75, 3.05) is 33.4 Å². The minimum Gasteiger partial charge on any atom is -0.478 e. The number of alkyl carbamates (subject to hydrolysis) is 1. The van der Waals surface area contributed by atoms with E-state index in [0.29, 0.717) is 0 Å². The maximum atomic E-state index is 13.2. The Labute approximate surface area is 198 Å². The van der Waals surface area contributed by atoms with Crippen LogP contribution in [0.15, 0.2) is 60.2 Å². The average molecular weight is 465 g/mol. The van der Waals surface area contributed by atoms with Gasteiger partial charge in [-0.3, -0.25) is 4.79 Å². The Hall–Kier alpha value is -3.65. The van der Waals surface area contributed by atoms with Crippen LogP contribution in [-0.4, -0.2) is 66.9 Å². The number of amides is 2. The summed E-state index contributed by atoms with van der Waals surface area (Å²) in [5.74, 6) is -1.43. The molecule has 0 spiro atoms. The highest BCUT2D eigenvalue weighted by Gasteiger charge is 2.40. The van der Waals surface area contributed by atoms with Gasteiger partial charge in [-0.15, -0.1) is 0 Å². The van der Waals surface area contributed by atoms with Crippen molar-refractivity contribution in [2.24, 2.45) is 0 Å². The van der Waals surface area contributed by atoms with E-state index in [4.69, 9.17) is 14.6 Å². The molecule has 178 valence electrons. The Morgan fingerprint density at radius 1 is 1.09 bits per heavy atom. The van der Waals surface area contributed by atoms with Crippen molar-refractivity contribution < 1.29 is 29.0 Å². The van der Waals surface area contributed by atoms with Crippen LogP contribution in [0.1, 0.15) is 30.4 Å². The molecule has 0 radical (unpaired) electrons. The summed E-state index contributed by atoms with van der Waals surface area (Å²) in [6.45, 7) is 2.07. The molecule has 2 N–H and O–H groups in total. The fraction of sp³-hybridized carbons (Fsp3) is 0.346. The van der Waals surface area contributed by atoms with Gasteiger partial charge in [-0.05, 0) is 35.6 Å². The lowest BCUT2D eigenvalue weighted by Crippen LogP contribution is -2.61. The van der Waals surface area contributed by atoms with Crippen LogP contribution >= 0.6 is 0 Å². The first-order valence-electron chi connectivity index (χ1n) is 11.2. The van der Waals surface area contributed by atoms with Crippen LogP contribution in [0, 0.1) is 0 Å². The van der Waals surface area contributed by atoms with Gasteiger partial charge in [0.1, 0.15) is 12.1 Å². The largest absolute Gasteiger partial charge is 0.478 e. The van der Waals surface area contributed by atoms with E-state index < -0.39 is 17.6 Å². The van der Waals surface area contributed by atoms with E-state index in [1.807, 2.05) is 36.4 Å². The molecule has 1 atom stereocenters. The topological polar surface area (TPSA) is 105 Å². The first-order valence-corrected chi connectivity index (χ1v) is 11.2. The second-order valence-electron chi connectivity index (χ2n) is 8.75. The molecule has 1 unspecified atom stereocenters. The molecule has 2 aromatic carbocycles. The number of fused-ring (bicyclic) bond motifs is 3. The normalized spacial score (nSPS) is 16.6. The zero-order chi connectivity index (χ0) is 24.3. The van der Waals surface area contributed by atoms with Gasteiger partial charge in [-0.1, -0.05) is 54.6 Å². The Balaban J connectivity index is 1.44. The van der Waals surface area contributed by atoms with E-state index in [1.165, 1.54) is 18.1 Å². The first-order chi connectivity index (χ1) is 16.3. The zero-order valence-electron chi connectivity index (χ0n) is 19.2. The molecule has 0 saturated heterocycles. The molecule has 34 heavy (non-hydrogen) atoms. The van der Waals surface area contributed by atoms with Gasteiger partial charge in [0.2, 0.25) is 0 Å². The van der Waals surface area contributed by atoms with Crippen LogP contribution < -0.4 is 5.32 Å². The van der Waals surface area contributed by atoms with Crippen LogP contribution in [-0.2, 0) is 19.1 Å². The van der Waals surface area contributed by atoms with Crippen LogP contribution in [0.4, 0.5) is 4.79 Å². The highest BCUT2D eigenvalue weighted by molar-refractivity contribution is 5.91. The maximum Gasteiger partial charge on any atom is 0.408 e. The monoisotopic (exact) mass is 464 g/mol. The minimum atomic E-state index is -1.36. The van der Waals surface area contributed by atoms with Gasteiger partial charge in [0.15, 0.2) is 0 Å². The van der Waals surface area contributed by atoms with Gasteiger partial charge in [-0.2, -0.15) is 0 Å². The molecule has 1 heterocycles. The smallest absolute Gasteiger partial charge is 0.408 e. The maximum absolute atomic E-state index is 13.2. The van der Waals surface area contributed by atoms with Crippen LogP contribution in [0.25, 0.3) is 11.1 Å². The molecular weight excluding hydrogens is 436 g/mol. The fourth-order valence-electron chi connectivity index (χ4n) is 4.70. The first kappa shape index (κ1) is 23.5. The third-order valence-corrected chi connectivity index (χ3v) is 6.40. The molecule has 2 amide bonds. The number of aliphatic carboxylic acids is 1. The summed E-state index contributed by atoms with van der Waals surface area (Å²) in [6.07, 6.45) is 1.05. The molecule has 0 fully saturated rings. The number of carboxylic acids is 1. The predicted molar refractivity (Wildman–Crippen MR) is 125 cm³/mol. The minimum absolute atomic E-state index is 0.0535. The molecule has 8 nitrogen and oxygen atoms in total. The number of carbonyl (C=O) groups is 3. The third-order valence-electron chi connectivity index (χ3n) is 6.40. The number of nitrogens with zero attached hydrogens (tertiary/aromatic N) is 1. The van der Waals surface area contributed by atoms with Crippen molar-refractivity contribution in [3.05, 3.63) is 71.3 Å². The number of hydrogen-bond acceptors (Lipinski definition) is 5. The van der Waals surface area contributed by atoms with Gasteiger partial charge in [-0.25, -0.2) is 9.59 Å². The summed E-state index contributed by atoms with van der Waals surface area (Å²) in [5.41, 5.74) is 3.38. The molecule has 0 saturated carbocycles. The van der Waals surface area contributed by atoms with Crippen molar-refractivity contribution >= 4 is 18.0 Å². The third kappa shape index (κ3) is 4.54. The number of nitrogens with one attached hydrogen (secondary N) is 1. The van der Waals surface area contributed by atoms with E-state index in [2.05, 4.69) is 17.4 Å². The summed E-state index contributed by atoms with van der Waals surface area (Å²) in [7, 11) is 1.45. The summed E-state index contributed by atoms with van der Waals surface area (Å²) < 4.78 is 10.8. The van der Waals surface area contributed by atoms with Crippen LogP contribution in [0.2, 0.25) is 0 Å². The van der Waals surface area contributed by atoms with Gasteiger partial charge in [0, 0.05) is 31.7 Å². The molecule has 0 aromatic heterocycles. The molecule has 4 rings (SSSR count). The number of benzene rings is 2. The van der Waals surface area contributed by atoms with Crippen molar-refractivity contribution in [3.63, 3.8) is 0 Å². The Bertz CT molecular complexity index is 1100. The highest BCUT2D eigenvalue weighted by atomic mass is 16.5. The summed E-state index contributed by atoms with van der Waals surface area (Å²) in [4.78, 5) is 38.7. The molecule has 1 aliphatic carbocycles. The quantitative estimate of drug-likeness (QED) is 0.652. The second kappa shape index (κ2) is 9.69. The van der Waals surface area contributed by atoms with Crippen molar-refractivity contribution in [3.8, 4) is 11.1 Å².